The van der Waals surface area contributed by atoms with Crippen molar-refractivity contribution in [1.82, 2.24) is 10.1 Å². The Hall–Kier alpha value is -1.75. The summed E-state index contributed by atoms with van der Waals surface area (Å²) >= 11 is 17.9. The van der Waals surface area contributed by atoms with Crippen molar-refractivity contribution in [2.24, 2.45) is 0 Å². The van der Waals surface area contributed by atoms with Crippen LogP contribution in [0.25, 0.3) is 22.8 Å². The third kappa shape index (κ3) is 2.83. The molecule has 0 aliphatic carbocycles. The highest BCUT2D eigenvalue weighted by molar-refractivity contribution is 6.42. The molecule has 0 amide bonds. The van der Waals surface area contributed by atoms with Crippen LogP contribution in [0, 0.1) is 0 Å². The molecule has 0 radical (unpaired) electrons. The van der Waals surface area contributed by atoms with Gasteiger partial charge in [-0.25, -0.2) is 0 Å². The van der Waals surface area contributed by atoms with Crippen LogP contribution in [0.1, 0.15) is 0 Å². The molecule has 0 unspecified atom stereocenters. The molecule has 1 heterocycles. The number of aromatic nitrogens is 2. The number of phenols is 1. The largest absolute Gasteiger partial charge is 0.508 e. The van der Waals surface area contributed by atoms with Crippen molar-refractivity contribution in [2.45, 2.75) is 0 Å². The number of halogens is 3. The lowest BCUT2D eigenvalue weighted by Crippen LogP contribution is -1.83. The molecule has 0 atom stereocenters. The monoisotopic (exact) mass is 340 g/mol. The quantitative estimate of drug-likeness (QED) is 0.707. The van der Waals surface area contributed by atoms with Crippen LogP contribution in [0.2, 0.25) is 15.1 Å². The highest BCUT2D eigenvalue weighted by Gasteiger charge is 2.14. The van der Waals surface area contributed by atoms with Crippen molar-refractivity contribution in [3.05, 3.63) is 51.5 Å². The Morgan fingerprint density at radius 1 is 0.905 bits per heavy atom. The van der Waals surface area contributed by atoms with Gasteiger partial charge >= 0.3 is 0 Å². The summed E-state index contributed by atoms with van der Waals surface area (Å²) in [6, 6.07) is 9.50. The summed E-state index contributed by atoms with van der Waals surface area (Å²) in [6.45, 7) is 0. The van der Waals surface area contributed by atoms with Gasteiger partial charge in [-0.3, -0.25) is 0 Å². The zero-order chi connectivity index (χ0) is 15.0. The fraction of sp³-hybridized carbons (Fsp3) is 0. The Kier molecular flexibility index (Phi) is 3.76. The Bertz CT molecular complexity index is 818. The average molecular weight is 342 g/mol. The Morgan fingerprint density at radius 3 is 2.43 bits per heavy atom. The molecule has 2 aromatic carbocycles. The summed E-state index contributed by atoms with van der Waals surface area (Å²) in [6.07, 6.45) is 0. The SMILES string of the molecule is Oc1ccc(Cl)c(-c2nc(-c3ccc(Cl)c(Cl)c3)no2)c1. The number of hydrogen-bond donors (Lipinski definition) is 1. The van der Waals surface area contributed by atoms with Gasteiger partial charge in [0.05, 0.1) is 20.6 Å². The van der Waals surface area contributed by atoms with Gasteiger partial charge < -0.3 is 9.63 Å². The van der Waals surface area contributed by atoms with Gasteiger partial charge in [0, 0.05) is 5.56 Å². The fourth-order valence-corrected chi connectivity index (χ4v) is 2.26. The number of rotatable bonds is 2. The summed E-state index contributed by atoms with van der Waals surface area (Å²) in [5.41, 5.74) is 1.12. The first-order chi connectivity index (χ1) is 10.0. The maximum absolute atomic E-state index is 9.51. The van der Waals surface area contributed by atoms with Crippen molar-refractivity contribution in [3.63, 3.8) is 0 Å². The molecule has 0 fully saturated rings. The summed E-state index contributed by atoms with van der Waals surface area (Å²) in [7, 11) is 0. The lowest BCUT2D eigenvalue weighted by Gasteiger charge is -1.99. The van der Waals surface area contributed by atoms with Gasteiger partial charge in [0.15, 0.2) is 0 Å². The number of hydrogen-bond acceptors (Lipinski definition) is 4. The van der Waals surface area contributed by atoms with E-state index in [4.69, 9.17) is 39.3 Å². The molecule has 7 heteroatoms. The molecule has 0 spiro atoms. The van der Waals surface area contributed by atoms with Crippen LogP contribution < -0.4 is 0 Å². The number of aromatic hydroxyl groups is 1. The normalized spacial score (nSPS) is 10.8. The first kappa shape index (κ1) is 14.2. The van der Waals surface area contributed by atoms with Gasteiger partial charge in [-0.15, -0.1) is 0 Å². The van der Waals surface area contributed by atoms with Crippen molar-refractivity contribution in [2.75, 3.05) is 0 Å². The van der Waals surface area contributed by atoms with Crippen LogP contribution in [0.5, 0.6) is 5.75 Å². The highest BCUT2D eigenvalue weighted by atomic mass is 35.5. The third-order valence-electron chi connectivity index (χ3n) is 2.78. The predicted octanol–water partition coefficient (Wildman–Crippen LogP) is 5.07. The predicted molar refractivity (Wildman–Crippen MR) is 81.9 cm³/mol. The van der Waals surface area contributed by atoms with Gasteiger partial charge in [0.1, 0.15) is 5.75 Å². The third-order valence-corrected chi connectivity index (χ3v) is 3.85. The van der Waals surface area contributed by atoms with Crippen LogP contribution in [0.15, 0.2) is 40.9 Å². The molecule has 0 saturated heterocycles. The molecule has 0 aliphatic heterocycles. The second-order valence-electron chi connectivity index (χ2n) is 4.22. The fourth-order valence-electron chi connectivity index (χ4n) is 1.76. The van der Waals surface area contributed by atoms with Crippen LogP contribution >= 0.6 is 34.8 Å². The number of benzene rings is 2. The topological polar surface area (TPSA) is 59.2 Å². The molecule has 4 nitrogen and oxygen atoms in total. The van der Waals surface area contributed by atoms with E-state index in [-0.39, 0.29) is 11.6 Å². The molecule has 106 valence electrons. The van der Waals surface area contributed by atoms with Crippen molar-refractivity contribution < 1.29 is 9.63 Å². The number of nitrogens with zero attached hydrogens (tertiary/aromatic N) is 2. The zero-order valence-corrected chi connectivity index (χ0v) is 12.6. The maximum atomic E-state index is 9.51. The van der Waals surface area contributed by atoms with Crippen LogP contribution in [-0.2, 0) is 0 Å². The lowest BCUT2D eigenvalue weighted by atomic mass is 10.2. The van der Waals surface area contributed by atoms with Crippen molar-refractivity contribution in [3.8, 4) is 28.6 Å². The van der Waals surface area contributed by atoms with Crippen LogP contribution in [0.4, 0.5) is 0 Å². The standard InChI is InChI=1S/C14H7Cl3N2O2/c15-10-4-2-8(20)6-9(10)14-18-13(19-21-14)7-1-3-11(16)12(17)5-7/h1-6,20H. The molecular weight excluding hydrogens is 335 g/mol. The van der Waals surface area contributed by atoms with E-state index >= 15 is 0 Å². The second-order valence-corrected chi connectivity index (χ2v) is 5.44. The Morgan fingerprint density at radius 2 is 1.67 bits per heavy atom. The lowest BCUT2D eigenvalue weighted by molar-refractivity contribution is 0.431. The molecule has 1 N–H and O–H groups in total. The number of phenolic OH excluding ortho intramolecular Hbond substituents is 1. The van der Waals surface area contributed by atoms with Crippen LogP contribution in [-0.4, -0.2) is 15.2 Å². The molecule has 3 aromatic rings. The molecule has 0 bridgehead atoms. The van der Waals surface area contributed by atoms with Gasteiger partial charge in [0.2, 0.25) is 5.82 Å². The van der Waals surface area contributed by atoms with Gasteiger partial charge in [0.25, 0.3) is 5.89 Å². The molecule has 3 rings (SSSR count). The summed E-state index contributed by atoms with van der Waals surface area (Å²) in [5, 5.41) is 14.6. The van der Waals surface area contributed by atoms with E-state index in [0.29, 0.717) is 32.0 Å². The van der Waals surface area contributed by atoms with Gasteiger partial charge in [-0.2, -0.15) is 4.98 Å². The van der Waals surface area contributed by atoms with E-state index in [1.54, 1.807) is 24.3 Å². The van der Waals surface area contributed by atoms with E-state index in [9.17, 15) is 5.11 Å². The van der Waals surface area contributed by atoms with E-state index < -0.39 is 0 Å². The van der Waals surface area contributed by atoms with E-state index in [2.05, 4.69) is 10.1 Å². The molecule has 0 aliphatic rings. The highest BCUT2D eigenvalue weighted by Crippen LogP contribution is 2.32. The minimum absolute atomic E-state index is 0.0590. The van der Waals surface area contributed by atoms with E-state index in [1.807, 2.05) is 0 Å². The Balaban J connectivity index is 2.03. The smallest absolute Gasteiger partial charge is 0.259 e. The van der Waals surface area contributed by atoms with Gasteiger partial charge in [-0.1, -0.05) is 40.0 Å². The first-order valence-corrected chi connectivity index (χ1v) is 6.96. The minimum Gasteiger partial charge on any atom is -0.508 e. The molecule has 21 heavy (non-hydrogen) atoms. The summed E-state index contributed by atoms with van der Waals surface area (Å²) < 4.78 is 5.18. The van der Waals surface area contributed by atoms with E-state index in [1.165, 1.54) is 12.1 Å². The first-order valence-electron chi connectivity index (χ1n) is 5.82. The zero-order valence-electron chi connectivity index (χ0n) is 10.3. The Labute approximate surface area is 134 Å². The van der Waals surface area contributed by atoms with Gasteiger partial charge in [-0.05, 0) is 36.4 Å². The summed E-state index contributed by atoms with van der Waals surface area (Å²) in [4.78, 5) is 4.25. The van der Waals surface area contributed by atoms with E-state index in [0.717, 1.165) is 0 Å². The average Bonchev–Trinajstić information content (AvgIpc) is 2.94. The molecule has 1 aromatic heterocycles. The molecule has 0 saturated carbocycles. The second kappa shape index (κ2) is 5.56. The minimum atomic E-state index is 0.0590. The van der Waals surface area contributed by atoms with Crippen molar-refractivity contribution >= 4 is 34.8 Å². The summed E-state index contributed by atoms with van der Waals surface area (Å²) in [5.74, 6) is 0.614. The van der Waals surface area contributed by atoms with Crippen molar-refractivity contribution in [1.29, 1.82) is 0 Å². The van der Waals surface area contributed by atoms with Crippen LogP contribution in [0.3, 0.4) is 0 Å². The molecular formula is C14H7Cl3N2O2. The maximum Gasteiger partial charge on any atom is 0.259 e.